The van der Waals surface area contributed by atoms with Crippen LogP contribution in [0.4, 0.5) is 4.39 Å². The first kappa shape index (κ1) is 11.8. The smallest absolute Gasteiger partial charge is 0.170 e. The van der Waals surface area contributed by atoms with Crippen LogP contribution in [0, 0.1) is 12.7 Å². The van der Waals surface area contributed by atoms with Crippen molar-refractivity contribution < 1.29 is 13.9 Å². The Morgan fingerprint density at radius 3 is 3.00 bits per heavy atom. The largest absolute Gasteiger partial charge is 0.484 e. The van der Waals surface area contributed by atoms with Crippen LogP contribution in [0.25, 0.3) is 0 Å². The first-order valence-corrected chi connectivity index (χ1v) is 6.05. The number of Topliss-reactive ketones (excluding diaryl/α,β-unsaturated/α-hetero) is 1. The Kier molecular flexibility index (Phi) is 2.78. The molecule has 2 heterocycles. The minimum absolute atomic E-state index is 0.0329. The van der Waals surface area contributed by atoms with E-state index in [0.29, 0.717) is 11.3 Å². The lowest BCUT2D eigenvalue weighted by molar-refractivity contribution is 0.0848. The van der Waals surface area contributed by atoms with Gasteiger partial charge in [-0.05, 0) is 30.7 Å². The highest BCUT2D eigenvalue weighted by molar-refractivity contribution is 6.00. The minimum Gasteiger partial charge on any atom is -0.484 e. The predicted octanol–water partition coefficient (Wildman–Crippen LogP) is 3.24. The van der Waals surface area contributed by atoms with Crippen LogP contribution in [0.1, 0.15) is 34.0 Å². The number of nitrogens with zero attached hydrogens (tertiary/aromatic N) is 1. The molecule has 0 aliphatic carbocycles. The maximum absolute atomic E-state index is 13.2. The van der Waals surface area contributed by atoms with E-state index >= 15 is 0 Å². The number of pyridine rings is 1. The summed E-state index contributed by atoms with van der Waals surface area (Å²) in [6, 6.07) is 5.87. The molecule has 3 nitrogen and oxygen atoms in total. The minimum atomic E-state index is -0.407. The number of hydrogen-bond donors (Lipinski definition) is 0. The van der Waals surface area contributed by atoms with Crippen LogP contribution in [0.2, 0.25) is 0 Å². The van der Waals surface area contributed by atoms with Crippen molar-refractivity contribution in [1.29, 1.82) is 0 Å². The van der Waals surface area contributed by atoms with E-state index in [-0.39, 0.29) is 12.2 Å². The number of fused-ring (bicyclic) bond motifs is 1. The van der Waals surface area contributed by atoms with E-state index in [1.54, 1.807) is 12.4 Å². The van der Waals surface area contributed by atoms with E-state index < -0.39 is 11.9 Å². The molecule has 96 valence electrons. The van der Waals surface area contributed by atoms with Gasteiger partial charge in [0.05, 0.1) is 12.0 Å². The number of ether oxygens (including phenoxy) is 1. The molecule has 1 atom stereocenters. The Labute approximate surface area is 110 Å². The molecule has 1 aliphatic rings. The molecule has 1 aliphatic heterocycles. The van der Waals surface area contributed by atoms with Crippen molar-refractivity contribution in [2.24, 2.45) is 0 Å². The molecular formula is C15H12FNO2. The summed E-state index contributed by atoms with van der Waals surface area (Å²) in [5, 5.41) is 0. The first-order chi connectivity index (χ1) is 9.15. The number of ketones is 1. The van der Waals surface area contributed by atoms with Crippen molar-refractivity contribution in [3.63, 3.8) is 0 Å². The molecule has 0 saturated heterocycles. The van der Waals surface area contributed by atoms with Gasteiger partial charge in [-0.2, -0.15) is 0 Å². The van der Waals surface area contributed by atoms with Crippen molar-refractivity contribution in [2.45, 2.75) is 19.4 Å². The molecule has 2 aromatic rings. The Bertz CT molecular complexity index is 654. The number of hydrogen-bond acceptors (Lipinski definition) is 3. The Hall–Kier alpha value is -2.23. The van der Waals surface area contributed by atoms with Gasteiger partial charge >= 0.3 is 0 Å². The lowest BCUT2D eigenvalue weighted by atomic mass is 9.95. The second kappa shape index (κ2) is 4.46. The van der Waals surface area contributed by atoms with E-state index in [0.717, 1.165) is 11.1 Å². The van der Waals surface area contributed by atoms with E-state index in [1.807, 2.05) is 13.0 Å². The molecule has 1 aromatic heterocycles. The molecule has 0 saturated carbocycles. The molecule has 4 heteroatoms. The SMILES string of the molecule is Cc1ccncc1C1CC(=O)c2ccc(F)cc2O1. The van der Waals surface area contributed by atoms with Gasteiger partial charge in [0.2, 0.25) is 0 Å². The average molecular weight is 257 g/mol. The highest BCUT2D eigenvalue weighted by atomic mass is 19.1. The standard InChI is InChI=1S/C15H12FNO2/c1-9-4-5-17-8-12(9)15-7-13(18)11-3-2-10(16)6-14(11)19-15/h2-6,8,15H,7H2,1H3. The topological polar surface area (TPSA) is 39.2 Å². The summed E-state index contributed by atoms with van der Waals surface area (Å²) in [7, 11) is 0. The summed E-state index contributed by atoms with van der Waals surface area (Å²) < 4.78 is 19.0. The Morgan fingerprint density at radius 2 is 2.21 bits per heavy atom. The van der Waals surface area contributed by atoms with Gasteiger partial charge in [-0.3, -0.25) is 9.78 Å². The van der Waals surface area contributed by atoms with Gasteiger partial charge in [0.15, 0.2) is 5.78 Å². The predicted molar refractivity (Wildman–Crippen MR) is 67.7 cm³/mol. The summed E-state index contributed by atoms with van der Waals surface area (Å²) >= 11 is 0. The van der Waals surface area contributed by atoms with E-state index in [1.165, 1.54) is 18.2 Å². The first-order valence-electron chi connectivity index (χ1n) is 6.05. The highest BCUT2D eigenvalue weighted by Crippen LogP contribution is 2.35. The van der Waals surface area contributed by atoms with Crippen molar-refractivity contribution in [2.75, 3.05) is 0 Å². The van der Waals surface area contributed by atoms with Crippen LogP contribution in [-0.2, 0) is 0 Å². The van der Waals surface area contributed by atoms with Crippen molar-refractivity contribution in [3.05, 3.63) is 59.2 Å². The zero-order valence-electron chi connectivity index (χ0n) is 10.4. The van der Waals surface area contributed by atoms with Crippen LogP contribution in [-0.4, -0.2) is 10.8 Å². The maximum Gasteiger partial charge on any atom is 0.170 e. The van der Waals surface area contributed by atoms with Crippen LogP contribution in [0.15, 0.2) is 36.7 Å². The summed E-state index contributed by atoms with van der Waals surface area (Å²) in [4.78, 5) is 16.1. The van der Waals surface area contributed by atoms with Gasteiger partial charge in [-0.15, -0.1) is 0 Å². The molecule has 0 N–H and O–H groups in total. The second-order valence-electron chi connectivity index (χ2n) is 4.61. The normalized spacial score (nSPS) is 17.8. The Morgan fingerprint density at radius 1 is 1.37 bits per heavy atom. The zero-order valence-corrected chi connectivity index (χ0v) is 10.4. The summed E-state index contributed by atoms with van der Waals surface area (Å²) in [6.45, 7) is 1.94. The summed E-state index contributed by atoms with van der Waals surface area (Å²) in [5.74, 6) is -0.130. The maximum atomic E-state index is 13.2. The zero-order chi connectivity index (χ0) is 13.4. The van der Waals surface area contributed by atoms with Gasteiger partial charge < -0.3 is 4.74 Å². The number of aryl methyl sites for hydroxylation is 1. The number of benzene rings is 1. The third-order valence-electron chi connectivity index (χ3n) is 3.31. The van der Waals surface area contributed by atoms with Crippen LogP contribution in [0.5, 0.6) is 5.75 Å². The lowest BCUT2D eigenvalue weighted by Crippen LogP contribution is -2.21. The molecule has 0 bridgehead atoms. The lowest BCUT2D eigenvalue weighted by Gasteiger charge is -2.26. The molecule has 0 spiro atoms. The van der Waals surface area contributed by atoms with Crippen LogP contribution in [0.3, 0.4) is 0 Å². The summed E-state index contributed by atoms with van der Waals surface area (Å²) in [5.41, 5.74) is 2.32. The van der Waals surface area contributed by atoms with Crippen molar-refractivity contribution in [1.82, 2.24) is 4.98 Å². The molecular weight excluding hydrogens is 245 g/mol. The van der Waals surface area contributed by atoms with E-state index in [4.69, 9.17) is 4.74 Å². The van der Waals surface area contributed by atoms with Gasteiger partial charge in [-0.1, -0.05) is 0 Å². The van der Waals surface area contributed by atoms with Crippen molar-refractivity contribution >= 4 is 5.78 Å². The third-order valence-corrected chi connectivity index (χ3v) is 3.31. The van der Waals surface area contributed by atoms with E-state index in [9.17, 15) is 9.18 Å². The van der Waals surface area contributed by atoms with E-state index in [2.05, 4.69) is 4.98 Å². The number of carbonyl (C=O) groups is 1. The molecule has 0 fully saturated rings. The fourth-order valence-electron chi connectivity index (χ4n) is 2.28. The van der Waals surface area contributed by atoms with Crippen molar-refractivity contribution in [3.8, 4) is 5.75 Å². The number of carbonyl (C=O) groups excluding carboxylic acids is 1. The monoisotopic (exact) mass is 257 g/mol. The van der Waals surface area contributed by atoms with Gasteiger partial charge in [0.1, 0.15) is 17.7 Å². The van der Waals surface area contributed by atoms with Gasteiger partial charge in [0.25, 0.3) is 0 Å². The quantitative estimate of drug-likeness (QED) is 0.787. The van der Waals surface area contributed by atoms with Crippen LogP contribution < -0.4 is 4.74 Å². The molecule has 0 radical (unpaired) electrons. The van der Waals surface area contributed by atoms with Crippen LogP contribution >= 0.6 is 0 Å². The number of aromatic nitrogens is 1. The second-order valence-corrected chi connectivity index (χ2v) is 4.61. The highest BCUT2D eigenvalue weighted by Gasteiger charge is 2.28. The summed E-state index contributed by atoms with van der Waals surface area (Å²) in [6.07, 6.45) is 3.25. The molecule has 19 heavy (non-hydrogen) atoms. The molecule has 1 aromatic carbocycles. The molecule has 3 rings (SSSR count). The molecule has 0 amide bonds. The van der Waals surface area contributed by atoms with Gasteiger partial charge in [-0.25, -0.2) is 4.39 Å². The third kappa shape index (κ3) is 2.10. The molecule has 1 unspecified atom stereocenters. The fraction of sp³-hybridized carbons (Fsp3) is 0.200. The average Bonchev–Trinajstić information content (AvgIpc) is 2.38. The fourth-order valence-corrected chi connectivity index (χ4v) is 2.28. The number of rotatable bonds is 1. The Balaban J connectivity index is 2.01. The van der Waals surface area contributed by atoms with Gasteiger partial charge in [0, 0.05) is 24.0 Å². The number of halogens is 1.